The number of nitrogens with two attached hydrogens (primary N) is 4. The van der Waals surface area contributed by atoms with Gasteiger partial charge in [0.15, 0.2) is 11.6 Å². The van der Waals surface area contributed by atoms with Crippen LogP contribution >= 0.6 is 0 Å². The molecule has 0 aliphatic rings. The smallest absolute Gasteiger partial charge is 0.339 e. The molecule has 13 nitrogen and oxygen atoms in total. The van der Waals surface area contributed by atoms with Crippen molar-refractivity contribution in [1.82, 2.24) is 19.9 Å². The van der Waals surface area contributed by atoms with E-state index in [1.165, 1.54) is 18.2 Å². The van der Waals surface area contributed by atoms with Crippen molar-refractivity contribution in [3.05, 3.63) is 59.4 Å². The monoisotopic (exact) mass is 504 g/mol. The maximum atomic E-state index is 11.9. The van der Waals surface area contributed by atoms with Gasteiger partial charge in [-0.2, -0.15) is 9.97 Å². The van der Waals surface area contributed by atoms with E-state index in [1.807, 2.05) is 20.8 Å². The van der Waals surface area contributed by atoms with Crippen LogP contribution in [-0.2, 0) is 5.41 Å². The Labute approximate surface area is 210 Å². The maximum Gasteiger partial charge on any atom is 0.339 e. The Morgan fingerprint density at radius 2 is 1.81 bits per heavy atom. The number of aromatic nitrogens is 4. The number of ether oxygens (including phenoxy) is 2. The first-order valence-electron chi connectivity index (χ1n) is 11.0. The molecule has 0 spiro atoms. The fourth-order valence-corrected chi connectivity index (χ4v) is 3.27. The van der Waals surface area contributed by atoms with Crippen LogP contribution in [0.4, 0.5) is 5.69 Å². The highest BCUT2D eigenvalue weighted by molar-refractivity contribution is 5.97. The van der Waals surface area contributed by atoms with Gasteiger partial charge in [0.05, 0.1) is 11.3 Å². The van der Waals surface area contributed by atoms with Crippen molar-refractivity contribution < 1.29 is 24.8 Å². The summed E-state index contributed by atoms with van der Waals surface area (Å²) in [5, 5.41) is 15.4. The molecule has 2 aromatic heterocycles. The van der Waals surface area contributed by atoms with Crippen molar-refractivity contribution in [1.29, 1.82) is 0 Å². The van der Waals surface area contributed by atoms with Crippen LogP contribution in [0.5, 0.6) is 23.4 Å². The minimum Gasteiger partial charge on any atom is -0.478 e. The summed E-state index contributed by atoms with van der Waals surface area (Å²) in [6, 6.07) is 10.8. The molecule has 0 atom stereocenters. The number of aromatic carboxylic acids is 1. The number of aliphatic imine (C=N–C) groups is 1. The summed E-state index contributed by atoms with van der Waals surface area (Å²) < 4.78 is 11.8. The Bertz CT molecular complexity index is 1550. The first-order valence-corrected chi connectivity index (χ1v) is 11.0. The predicted molar refractivity (Wildman–Crippen MR) is 136 cm³/mol. The third-order valence-corrected chi connectivity index (χ3v) is 5.04. The Hall–Kier alpha value is -5.20. The van der Waals surface area contributed by atoms with Crippen molar-refractivity contribution in [3.63, 3.8) is 0 Å². The molecule has 0 radical (unpaired) electrons. The Morgan fingerprint density at radius 1 is 1.05 bits per heavy atom. The number of H-pyrrole nitrogens is 1. The van der Waals surface area contributed by atoms with Crippen LogP contribution in [0.15, 0.2) is 47.5 Å². The predicted octanol–water partition coefficient (Wildman–Crippen LogP) is 1.30. The van der Waals surface area contributed by atoms with E-state index < -0.39 is 5.97 Å². The summed E-state index contributed by atoms with van der Waals surface area (Å²) >= 11 is 0. The Kier molecular flexibility index (Phi) is 6.36. The van der Waals surface area contributed by atoms with Crippen molar-refractivity contribution >= 4 is 34.6 Å². The van der Waals surface area contributed by atoms with Gasteiger partial charge in [-0.25, -0.2) is 14.8 Å². The van der Waals surface area contributed by atoms with E-state index >= 15 is 0 Å². The minimum absolute atomic E-state index is 0.00383. The number of carbonyl (C=O) groups is 1. The van der Waals surface area contributed by atoms with Gasteiger partial charge >= 0.3 is 12.0 Å². The lowest BCUT2D eigenvalue weighted by molar-refractivity contribution is -0.114. The molecule has 37 heavy (non-hydrogen) atoms. The largest absolute Gasteiger partial charge is 0.478 e. The SMILES string of the molecule is CC(C)(C)c1nc2nc(Oc3cccc(N=C(N)N)c3)nc(Oc3cc(C(N)=[NH2+])ccc3C(=O)O)c2[nH]1. The second-order valence-electron chi connectivity index (χ2n) is 9.05. The van der Waals surface area contributed by atoms with Gasteiger partial charge in [-0.1, -0.05) is 26.8 Å². The van der Waals surface area contributed by atoms with Crippen LogP contribution in [0.3, 0.4) is 0 Å². The van der Waals surface area contributed by atoms with Crippen LogP contribution in [0, 0.1) is 0 Å². The van der Waals surface area contributed by atoms with Gasteiger partial charge in [0.25, 0.3) is 11.7 Å². The molecule has 10 N–H and O–H groups in total. The van der Waals surface area contributed by atoms with E-state index in [4.69, 9.17) is 32.1 Å². The minimum atomic E-state index is -1.21. The molecule has 4 rings (SSSR count). The van der Waals surface area contributed by atoms with Crippen LogP contribution in [0.25, 0.3) is 11.2 Å². The normalized spacial score (nSPS) is 11.2. The first-order chi connectivity index (χ1) is 17.4. The van der Waals surface area contributed by atoms with Gasteiger partial charge in [-0.15, -0.1) is 0 Å². The van der Waals surface area contributed by atoms with Gasteiger partial charge in [0.2, 0.25) is 0 Å². The van der Waals surface area contributed by atoms with Crippen molar-refractivity contribution in [3.8, 4) is 23.4 Å². The third kappa shape index (κ3) is 5.56. The molecule has 13 heteroatoms. The van der Waals surface area contributed by atoms with Crippen LogP contribution in [-0.4, -0.2) is 42.8 Å². The molecule has 0 unspecified atom stereocenters. The molecule has 2 heterocycles. The number of nitrogens with zero attached hydrogens (tertiary/aromatic N) is 4. The molecular weight excluding hydrogens is 478 g/mol. The van der Waals surface area contributed by atoms with Crippen molar-refractivity contribution in [2.45, 2.75) is 26.2 Å². The number of amidine groups is 1. The molecule has 2 aromatic carbocycles. The Morgan fingerprint density at radius 3 is 2.46 bits per heavy atom. The highest BCUT2D eigenvalue weighted by atomic mass is 16.5. The summed E-state index contributed by atoms with van der Waals surface area (Å²) in [5.74, 6) is -0.419. The quantitative estimate of drug-likeness (QED) is 0.156. The molecule has 4 aromatic rings. The number of imidazole rings is 1. The third-order valence-electron chi connectivity index (χ3n) is 5.04. The topological polar surface area (TPSA) is 226 Å². The van der Waals surface area contributed by atoms with Gasteiger partial charge in [0, 0.05) is 11.5 Å². The summed E-state index contributed by atoms with van der Waals surface area (Å²) in [6.45, 7) is 5.91. The molecule has 190 valence electrons. The van der Waals surface area contributed by atoms with Crippen molar-refractivity contribution in [2.24, 2.45) is 22.2 Å². The zero-order chi connectivity index (χ0) is 26.9. The average molecular weight is 505 g/mol. The molecular formula is C24H26N9O4+. The first kappa shape index (κ1) is 24.9. The molecule has 0 aliphatic carbocycles. The summed E-state index contributed by atoms with van der Waals surface area (Å²) in [4.78, 5) is 32.4. The lowest BCUT2D eigenvalue weighted by Gasteiger charge is -2.13. The van der Waals surface area contributed by atoms with Gasteiger partial charge < -0.3 is 31.0 Å². The lowest BCUT2D eigenvalue weighted by Crippen LogP contribution is -2.46. The van der Waals surface area contributed by atoms with E-state index in [1.54, 1.807) is 24.3 Å². The molecule has 0 aliphatic heterocycles. The number of carboxylic acids is 1. The fourth-order valence-electron chi connectivity index (χ4n) is 3.27. The summed E-state index contributed by atoms with van der Waals surface area (Å²) in [7, 11) is 0. The highest BCUT2D eigenvalue weighted by Crippen LogP contribution is 2.34. The number of benzene rings is 2. The number of aromatic amines is 1. The number of guanidine groups is 1. The fraction of sp³-hybridized carbons (Fsp3) is 0.167. The van der Waals surface area contributed by atoms with E-state index in [9.17, 15) is 9.90 Å². The number of nitrogens with one attached hydrogen (secondary N) is 1. The van der Waals surface area contributed by atoms with Gasteiger partial charge in [0.1, 0.15) is 28.4 Å². The van der Waals surface area contributed by atoms with Crippen LogP contribution in [0.1, 0.15) is 42.5 Å². The molecule has 0 saturated carbocycles. The second kappa shape index (κ2) is 9.45. The summed E-state index contributed by atoms with van der Waals surface area (Å²) in [6.07, 6.45) is 0. The molecule has 0 saturated heterocycles. The Balaban J connectivity index is 1.84. The molecule has 0 fully saturated rings. The zero-order valence-electron chi connectivity index (χ0n) is 20.3. The number of rotatable bonds is 7. The molecule has 0 bridgehead atoms. The average Bonchev–Trinajstić information content (AvgIpc) is 3.24. The second-order valence-corrected chi connectivity index (χ2v) is 9.05. The van der Waals surface area contributed by atoms with E-state index in [0.717, 1.165) is 0 Å². The summed E-state index contributed by atoms with van der Waals surface area (Å²) in [5.41, 5.74) is 17.6. The highest BCUT2D eigenvalue weighted by Gasteiger charge is 2.24. The van der Waals surface area contributed by atoms with E-state index in [0.29, 0.717) is 28.3 Å². The van der Waals surface area contributed by atoms with Gasteiger partial charge in [-0.05, 0) is 30.3 Å². The lowest BCUT2D eigenvalue weighted by atomic mass is 9.96. The number of hydrogen-bond acceptors (Lipinski definition) is 7. The maximum absolute atomic E-state index is 11.9. The van der Waals surface area contributed by atoms with Crippen LogP contribution < -0.4 is 32.1 Å². The van der Waals surface area contributed by atoms with Crippen LogP contribution in [0.2, 0.25) is 0 Å². The number of hydrogen-bond donors (Lipinski definition) is 6. The standard InChI is InChI=1S/C24H25N9O4/c1-24(2,3)21-30-16-18(31-21)32-23(36-13-6-4-5-12(10-13)29-22(27)28)33-19(16)37-15-9-11(17(25)26)7-8-14(15)20(34)35/h4-10H,1-3H3,(H3,25,26)(H,34,35)(H4,27,28,29)(H,30,31,32,33)/p+1. The number of carboxylic acid groups (broad SMARTS) is 1. The number of fused-ring (bicyclic) bond motifs is 1. The molecule has 0 amide bonds. The van der Waals surface area contributed by atoms with E-state index in [-0.39, 0.29) is 46.1 Å². The van der Waals surface area contributed by atoms with Gasteiger partial charge in [-0.3, -0.25) is 11.1 Å². The van der Waals surface area contributed by atoms with Crippen molar-refractivity contribution in [2.75, 3.05) is 0 Å². The van der Waals surface area contributed by atoms with E-state index in [2.05, 4.69) is 24.9 Å². The zero-order valence-corrected chi connectivity index (χ0v) is 20.3.